The van der Waals surface area contributed by atoms with Gasteiger partial charge in [0, 0.05) is 15.6 Å². The Labute approximate surface area is 186 Å². The maximum absolute atomic E-state index is 12.9. The van der Waals surface area contributed by atoms with Crippen molar-refractivity contribution in [1.29, 1.82) is 0 Å². The summed E-state index contributed by atoms with van der Waals surface area (Å²) in [6.07, 6.45) is 0. The molecular formula is C19H12Cl4O5S. The molecule has 3 aromatic rings. The lowest BCUT2D eigenvalue weighted by molar-refractivity contribution is 0.439. The van der Waals surface area contributed by atoms with Gasteiger partial charge in [-0.25, -0.2) is 0 Å². The summed E-state index contributed by atoms with van der Waals surface area (Å²) >= 11 is 24.2. The molecule has 5 nitrogen and oxygen atoms in total. The van der Waals surface area contributed by atoms with Crippen molar-refractivity contribution in [2.24, 2.45) is 0 Å². The molecule has 0 fully saturated rings. The van der Waals surface area contributed by atoms with Gasteiger partial charge in [-0.1, -0.05) is 64.6 Å². The molecule has 10 heteroatoms. The molecule has 0 radical (unpaired) electrons. The van der Waals surface area contributed by atoms with E-state index in [2.05, 4.69) is 0 Å². The van der Waals surface area contributed by atoms with Gasteiger partial charge in [-0.3, -0.25) is 4.55 Å². The molecule has 0 aliphatic rings. The number of hydrogen-bond donors (Lipinski definition) is 3. The Morgan fingerprint density at radius 1 is 0.759 bits per heavy atom. The first-order chi connectivity index (χ1) is 13.5. The summed E-state index contributed by atoms with van der Waals surface area (Å²) < 4.78 is 33.9. The lowest BCUT2D eigenvalue weighted by atomic mass is 9.83. The van der Waals surface area contributed by atoms with Crippen LogP contribution in [0.15, 0.2) is 54.6 Å². The fourth-order valence-electron chi connectivity index (χ4n) is 3.21. The number of benzene rings is 3. The van der Waals surface area contributed by atoms with E-state index in [4.69, 9.17) is 46.4 Å². The van der Waals surface area contributed by atoms with Crippen LogP contribution in [-0.2, 0) is 14.9 Å². The van der Waals surface area contributed by atoms with E-state index in [1.807, 2.05) is 0 Å². The van der Waals surface area contributed by atoms with E-state index in [0.717, 1.165) is 12.1 Å². The zero-order valence-electron chi connectivity index (χ0n) is 14.3. The summed E-state index contributed by atoms with van der Waals surface area (Å²) in [7, 11) is -5.09. The molecule has 0 saturated heterocycles. The third-order valence-electron chi connectivity index (χ3n) is 4.40. The molecule has 1 unspecified atom stereocenters. The average Bonchev–Trinajstić information content (AvgIpc) is 2.62. The van der Waals surface area contributed by atoms with Crippen molar-refractivity contribution >= 4 is 56.5 Å². The van der Waals surface area contributed by atoms with Gasteiger partial charge < -0.3 is 10.2 Å². The van der Waals surface area contributed by atoms with Crippen LogP contribution in [0, 0.1) is 0 Å². The molecule has 0 aliphatic heterocycles. The Balaban J connectivity index is 2.61. The second-order valence-electron chi connectivity index (χ2n) is 6.09. The van der Waals surface area contributed by atoms with Gasteiger partial charge in [-0.2, -0.15) is 8.42 Å². The first-order valence-electron chi connectivity index (χ1n) is 7.89. The van der Waals surface area contributed by atoms with Crippen LogP contribution in [0.1, 0.15) is 16.7 Å². The summed E-state index contributed by atoms with van der Waals surface area (Å²) in [6.45, 7) is 0. The van der Waals surface area contributed by atoms with Crippen molar-refractivity contribution < 1.29 is 23.2 Å². The molecule has 3 aromatic carbocycles. The van der Waals surface area contributed by atoms with E-state index in [1.165, 1.54) is 42.5 Å². The van der Waals surface area contributed by atoms with Gasteiger partial charge in [-0.05, 0) is 47.5 Å². The van der Waals surface area contributed by atoms with E-state index < -0.39 is 26.4 Å². The van der Waals surface area contributed by atoms with E-state index in [1.54, 1.807) is 0 Å². The fraction of sp³-hybridized carbons (Fsp3) is 0.0526. The zero-order valence-corrected chi connectivity index (χ0v) is 18.1. The van der Waals surface area contributed by atoms with E-state index in [9.17, 15) is 23.2 Å². The summed E-state index contributed by atoms with van der Waals surface area (Å²) in [5, 5.41) is 20.5. The van der Waals surface area contributed by atoms with Crippen molar-refractivity contribution in [2.75, 3.05) is 0 Å². The van der Waals surface area contributed by atoms with E-state index in [-0.39, 0.29) is 31.8 Å². The van der Waals surface area contributed by atoms with Gasteiger partial charge in [-0.15, -0.1) is 0 Å². The zero-order chi connectivity index (χ0) is 21.6. The highest BCUT2D eigenvalue weighted by Gasteiger charge is 2.51. The van der Waals surface area contributed by atoms with Crippen LogP contribution in [-0.4, -0.2) is 23.2 Å². The number of hydrogen-bond acceptors (Lipinski definition) is 4. The van der Waals surface area contributed by atoms with Crippen molar-refractivity contribution in [3.8, 4) is 11.5 Å². The molecule has 0 bridgehead atoms. The highest BCUT2D eigenvalue weighted by atomic mass is 35.5. The van der Waals surface area contributed by atoms with Gasteiger partial charge in [0.2, 0.25) is 0 Å². The second kappa shape index (κ2) is 7.87. The highest BCUT2D eigenvalue weighted by molar-refractivity contribution is 7.87. The normalized spacial score (nSPS) is 13.8. The number of phenols is 2. The molecule has 0 spiro atoms. The van der Waals surface area contributed by atoms with Gasteiger partial charge in [0.25, 0.3) is 10.1 Å². The molecule has 1 atom stereocenters. The molecule has 152 valence electrons. The molecule has 0 saturated carbocycles. The number of aromatic hydroxyl groups is 2. The SMILES string of the molecule is O=S(=O)(O)C(c1ccc(Cl)cc1)(c1cc(O)c(Cl)c(Cl)c1)c1c(O)cccc1Cl. The Morgan fingerprint density at radius 3 is 1.90 bits per heavy atom. The van der Waals surface area contributed by atoms with Gasteiger partial charge in [0.1, 0.15) is 16.5 Å². The van der Waals surface area contributed by atoms with Crippen LogP contribution in [0.2, 0.25) is 20.1 Å². The Morgan fingerprint density at radius 2 is 1.38 bits per heavy atom. The standard InChI is InChI=1S/C19H12Cl4O5S/c20-12-6-4-10(5-7-12)19(29(26,27)28,17-13(21)2-1-3-15(17)24)11-8-14(22)18(23)16(25)9-11/h1-9,24-25H,(H,26,27,28). The predicted octanol–water partition coefficient (Wildman–Crippen LogP) is 5.89. The fourth-order valence-corrected chi connectivity index (χ4v) is 5.34. The van der Waals surface area contributed by atoms with Crippen LogP contribution in [0.5, 0.6) is 11.5 Å². The second-order valence-corrected chi connectivity index (χ2v) is 9.28. The van der Waals surface area contributed by atoms with Gasteiger partial charge >= 0.3 is 0 Å². The first-order valence-corrected chi connectivity index (χ1v) is 10.8. The molecule has 3 N–H and O–H groups in total. The smallest absolute Gasteiger partial charge is 0.283 e. The lowest BCUT2D eigenvalue weighted by Crippen LogP contribution is -2.38. The number of halogens is 4. The Bertz CT molecular complexity index is 1150. The maximum atomic E-state index is 12.9. The van der Waals surface area contributed by atoms with Crippen LogP contribution in [0.3, 0.4) is 0 Å². The van der Waals surface area contributed by atoms with Crippen molar-refractivity contribution in [2.45, 2.75) is 4.75 Å². The van der Waals surface area contributed by atoms with Crippen LogP contribution in [0.4, 0.5) is 0 Å². The summed E-state index contributed by atoms with van der Waals surface area (Å²) in [5.41, 5.74) is -0.535. The minimum atomic E-state index is -5.09. The lowest BCUT2D eigenvalue weighted by Gasteiger charge is -2.34. The topological polar surface area (TPSA) is 94.8 Å². The molecule has 0 aromatic heterocycles. The average molecular weight is 494 g/mol. The highest BCUT2D eigenvalue weighted by Crippen LogP contribution is 2.51. The largest absolute Gasteiger partial charge is 0.508 e. The Kier molecular flexibility index (Phi) is 5.98. The molecule has 29 heavy (non-hydrogen) atoms. The maximum Gasteiger partial charge on any atom is 0.283 e. The number of phenolic OH excluding ortho intramolecular Hbond substituents is 2. The molecule has 0 aliphatic carbocycles. The summed E-state index contributed by atoms with van der Waals surface area (Å²) in [5.74, 6) is -1.03. The molecular weight excluding hydrogens is 482 g/mol. The van der Waals surface area contributed by atoms with E-state index >= 15 is 0 Å². The van der Waals surface area contributed by atoms with Crippen molar-refractivity contribution in [1.82, 2.24) is 0 Å². The van der Waals surface area contributed by atoms with Crippen LogP contribution in [0.25, 0.3) is 0 Å². The number of rotatable bonds is 4. The summed E-state index contributed by atoms with van der Waals surface area (Å²) in [4.78, 5) is 0. The predicted molar refractivity (Wildman–Crippen MR) is 114 cm³/mol. The van der Waals surface area contributed by atoms with Crippen molar-refractivity contribution in [3.05, 3.63) is 91.4 Å². The summed E-state index contributed by atoms with van der Waals surface area (Å²) in [6, 6.07) is 11.7. The monoisotopic (exact) mass is 492 g/mol. The Hall–Kier alpha value is -1.67. The van der Waals surface area contributed by atoms with Gasteiger partial charge in [0.05, 0.1) is 5.02 Å². The van der Waals surface area contributed by atoms with Crippen molar-refractivity contribution in [3.63, 3.8) is 0 Å². The molecule has 0 amide bonds. The quantitative estimate of drug-likeness (QED) is 0.311. The molecule has 0 heterocycles. The molecule has 3 rings (SSSR count). The third kappa shape index (κ3) is 3.65. The van der Waals surface area contributed by atoms with Crippen LogP contribution < -0.4 is 0 Å². The van der Waals surface area contributed by atoms with Crippen LogP contribution >= 0.6 is 46.4 Å². The minimum Gasteiger partial charge on any atom is -0.508 e. The minimum absolute atomic E-state index is 0.00871. The van der Waals surface area contributed by atoms with E-state index in [0.29, 0.717) is 5.02 Å². The first kappa shape index (κ1) is 22.0. The third-order valence-corrected chi connectivity index (χ3v) is 7.21. The van der Waals surface area contributed by atoms with Gasteiger partial charge in [0.15, 0.2) is 4.75 Å².